The molecule has 3 unspecified atom stereocenters. The second-order valence-corrected chi connectivity index (χ2v) is 17.2. The lowest BCUT2D eigenvalue weighted by Crippen LogP contribution is -2.46. The van der Waals surface area contributed by atoms with Gasteiger partial charge in [0, 0.05) is 6.42 Å². The maximum Gasteiger partial charge on any atom is 0.306 e. The summed E-state index contributed by atoms with van der Waals surface area (Å²) in [6, 6.07) is -0.713. The predicted octanol–water partition coefficient (Wildman–Crippen LogP) is 15.4. The molecule has 0 radical (unpaired) electrons. The molecule has 0 fully saturated rings. The molecule has 0 aliphatic carbocycles. The molecule has 6 nitrogen and oxygen atoms in total. The summed E-state index contributed by atoms with van der Waals surface area (Å²) >= 11 is 0. The summed E-state index contributed by atoms with van der Waals surface area (Å²) in [4.78, 5) is 26.1. The highest BCUT2D eigenvalue weighted by molar-refractivity contribution is 5.77. The molecule has 352 valence electrons. The number of amides is 1. The van der Waals surface area contributed by atoms with Crippen molar-refractivity contribution in [2.75, 3.05) is 6.61 Å². The summed E-state index contributed by atoms with van der Waals surface area (Å²) < 4.78 is 5.92. The van der Waals surface area contributed by atoms with Crippen LogP contribution >= 0.6 is 0 Å². The maximum atomic E-state index is 13.2. The van der Waals surface area contributed by atoms with Gasteiger partial charge in [-0.15, -0.1) is 0 Å². The quantitative estimate of drug-likeness (QED) is 0.0245. The Balaban J connectivity index is 4.67. The number of hydrogen-bond donors (Lipinski definition) is 3. The van der Waals surface area contributed by atoms with Crippen LogP contribution < -0.4 is 5.32 Å². The highest BCUT2D eigenvalue weighted by Gasteiger charge is 2.24. The number of carbonyl (C=O) groups excluding carboxylic acids is 2. The summed E-state index contributed by atoms with van der Waals surface area (Å²) in [7, 11) is 0. The van der Waals surface area contributed by atoms with Gasteiger partial charge in [0.25, 0.3) is 0 Å². The van der Waals surface area contributed by atoms with Crippen LogP contribution in [0.25, 0.3) is 0 Å². The van der Waals surface area contributed by atoms with Crippen LogP contribution in [0.1, 0.15) is 239 Å². The second kappa shape index (κ2) is 48.3. The van der Waals surface area contributed by atoms with Crippen molar-refractivity contribution in [1.29, 1.82) is 0 Å². The maximum absolute atomic E-state index is 13.2. The van der Waals surface area contributed by atoms with Gasteiger partial charge >= 0.3 is 5.97 Å². The molecule has 0 rings (SSSR count). The summed E-state index contributed by atoms with van der Waals surface area (Å²) in [5, 5.41) is 23.7. The first-order chi connectivity index (χ1) is 30.0. The Morgan fingerprint density at radius 1 is 0.508 bits per heavy atom. The van der Waals surface area contributed by atoms with E-state index in [4.69, 9.17) is 4.74 Å². The van der Waals surface area contributed by atoms with Crippen molar-refractivity contribution in [3.63, 3.8) is 0 Å². The van der Waals surface area contributed by atoms with E-state index < -0.39 is 18.2 Å². The number of hydrogen-bond acceptors (Lipinski definition) is 5. The number of allylic oxidation sites excluding steroid dienone is 12. The Kier molecular flexibility index (Phi) is 46.2. The molecule has 3 atom stereocenters. The van der Waals surface area contributed by atoms with E-state index in [0.29, 0.717) is 19.3 Å². The minimum atomic E-state index is -0.798. The van der Waals surface area contributed by atoms with E-state index in [0.717, 1.165) is 96.3 Å². The van der Waals surface area contributed by atoms with Gasteiger partial charge in [-0.2, -0.15) is 0 Å². The normalized spacial score (nSPS) is 13.9. The third kappa shape index (κ3) is 43.7. The van der Waals surface area contributed by atoms with Gasteiger partial charge in [0.05, 0.1) is 25.2 Å². The zero-order chi connectivity index (χ0) is 44.5. The molecular formula is C55H97NO5. The molecule has 6 heteroatoms. The van der Waals surface area contributed by atoms with Gasteiger partial charge < -0.3 is 20.3 Å². The van der Waals surface area contributed by atoms with Gasteiger partial charge in [-0.3, -0.25) is 9.59 Å². The molecule has 61 heavy (non-hydrogen) atoms. The Hall–Kier alpha value is -2.70. The highest BCUT2D eigenvalue weighted by Crippen LogP contribution is 2.17. The van der Waals surface area contributed by atoms with Gasteiger partial charge in [0.1, 0.15) is 6.10 Å². The van der Waals surface area contributed by atoms with E-state index in [2.05, 4.69) is 99.0 Å². The van der Waals surface area contributed by atoms with Crippen LogP contribution in [0.15, 0.2) is 72.9 Å². The average Bonchev–Trinajstić information content (AvgIpc) is 3.25. The van der Waals surface area contributed by atoms with Crippen LogP contribution in [0.5, 0.6) is 0 Å². The lowest BCUT2D eigenvalue weighted by atomic mass is 10.0. The van der Waals surface area contributed by atoms with Crippen molar-refractivity contribution in [2.45, 2.75) is 257 Å². The minimum Gasteiger partial charge on any atom is -0.462 e. The number of carbonyl (C=O) groups is 2. The zero-order valence-corrected chi connectivity index (χ0v) is 40.0. The molecule has 0 saturated heterocycles. The van der Waals surface area contributed by atoms with Crippen molar-refractivity contribution in [3.8, 4) is 0 Å². The van der Waals surface area contributed by atoms with Crippen LogP contribution in [0.2, 0.25) is 0 Å². The molecular weight excluding hydrogens is 755 g/mol. The summed E-state index contributed by atoms with van der Waals surface area (Å²) in [6.07, 6.45) is 61.0. The van der Waals surface area contributed by atoms with Gasteiger partial charge in [0.2, 0.25) is 5.91 Å². The molecule has 0 saturated carbocycles. The van der Waals surface area contributed by atoms with Crippen molar-refractivity contribution >= 4 is 11.9 Å². The number of rotatable bonds is 45. The van der Waals surface area contributed by atoms with E-state index in [1.165, 1.54) is 96.3 Å². The van der Waals surface area contributed by atoms with Gasteiger partial charge in [-0.25, -0.2) is 0 Å². The predicted molar refractivity (Wildman–Crippen MR) is 264 cm³/mol. The topological polar surface area (TPSA) is 95.9 Å². The number of esters is 1. The molecule has 0 aromatic heterocycles. The van der Waals surface area contributed by atoms with Crippen LogP contribution in [-0.2, 0) is 14.3 Å². The fraction of sp³-hybridized carbons (Fsp3) is 0.745. The van der Waals surface area contributed by atoms with Crippen LogP contribution in [0.3, 0.4) is 0 Å². The smallest absolute Gasteiger partial charge is 0.306 e. The number of aliphatic hydroxyl groups excluding tert-OH is 2. The molecule has 0 aromatic rings. The molecule has 0 aliphatic rings. The lowest BCUT2D eigenvalue weighted by molar-refractivity contribution is -0.151. The Morgan fingerprint density at radius 2 is 0.951 bits per heavy atom. The van der Waals surface area contributed by atoms with Crippen molar-refractivity contribution in [2.24, 2.45) is 0 Å². The van der Waals surface area contributed by atoms with Crippen LogP contribution in [0.4, 0.5) is 0 Å². The second-order valence-electron chi connectivity index (χ2n) is 17.2. The molecule has 0 aliphatic heterocycles. The third-order valence-corrected chi connectivity index (χ3v) is 11.3. The van der Waals surface area contributed by atoms with Crippen LogP contribution in [0, 0.1) is 0 Å². The van der Waals surface area contributed by atoms with Crippen molar-refractivity contribution in [3.05, 3.63) is 72.9 Å². The Labute approximate surface area is 377 Å². The average molecular weight is 852 g/mol. The lowest BCUT2D eigenvalue weighted by Gasteiger charge is -2.24. The zero-order valence-electron chi connectivity index (χ0n) is 40.0. The molecule has 0 aromatic carbocycles. The fourth-order valence-electron chi connectivity index (χ4n) is 7.44. The first kappa shape index (κ1) is 58.3. The molecule has 1 amide bonds. The van der Waals surface area contributed by atoms with E-state index in [1.54, 1.807) is 0 Å². The largest absolute Gasteiger partial charge is 0.462 e. The van der Waals surface area contributed by atoms with Gasteiger partial charge in [-0.1, -0.05) is 216 Å². The van der Waals surface area contributed by atoms with Crippen LogP contribution in [-0.4, -0.2) is 46.9 Å². The number of unbranched alkanes of at least 4 members (excludes halogenated alkanes) is 23. The number of nitrogens with one attached hydrogen (secondary N) is 1. The third-order valence-electron chi connectivity index (χ3n) is 11.3. The number of aliphatic hydroxyl groups is 2. The summed E-state index contributed by atoms with van der Waals surface area (Å²) in [5.41, 5.74) is 0. The standard InChI is InChI=1S/C55H97NO5/c1-4-7-10-13-16-19-22-24-26-27-29-30-32-34-37-40-43-46-51(61-55(60)48-45-42-39-36-33-31-28-25-23-20-17-14-11-8-5-2)49-54(59)56-52(50-57)53(58)47-44-41-38-35-21-18-15-12-9-6-3/h8,11,14,16-17,19-20,23-24,26,29-30,51-53,57-58H,4-7,9-10,12-13,15,18,21-22,25,27-28,31-50H2,1-3H3,(H,56,59)/b11-8+,17-14+,19-16-,23-20+,26-24-,30-29-. The van der Waals surface area contributed by atoms with Crippen molar-refractivity contribution in [1.82, 2.24) is 5.32 Å². The van der Waals surface area contributed by atoms with E-state index in [-0.39, 0.29) is 24.9 Å². The van der Waals surface area contributed by atoms with Gasteiger partial charge in [-0.05, 0) is 83.5 Å². The van der Waals surface area contributed by atoms with Crippen molar-refractivity contribution < 1.29 is 24.5 Å². The Bertz CT molecular complexity index is 1140. The van der Waals surface area contributed by atoms with E-state index in [9.17, 15) is 19.8 Å². The fourth-order valence-corrected chi connectivity index (χ4v) is 7.44. The van der Waals surface area contributed by atoms with E-state index in [1.807, 2.05) is 0 Å². The molecule has 3 N–H and O–H groups in total. The molecule has 0 heterocycles. The molecule has 0 bridgehead atoms. The number of ether oxygens (including phenoxy) is 1. The monoisotopic (exact) mass is 852 g/mol. The SMILES string of the molecule is CC/C=C/C=C/C=C/CCCCCCCCCC(=O)OC(CCCCCC/C=C\C/C=C\C/C=C\CCCCC)CC(=O)NC(CO)C(O)CCCCCCCCCCCC. The highest BCUT2D eigenvalue weighted by atomic mass is 16.5. The summed E-state index contributed by atoms with van der Waals surface area (Å²) in [6.45, 7) is 6.30. The Morgan fingerprint density at radius 3 is 1.51 bits per heavy atom. The summed E-state index contributed by atoms with van der Waals surface area (Å²) in [5.74, 6) is -0.511. The molecule has 0 spiro atoms. The van der Waals surface area contributed by atoms with Gasteiger partial charge in [0.15, 0.2) is 0 Å². The first-order valence-electron chi connectivity index (χ1n) is 25.7. The van der Waals surface area contributed by atoms with E-state index >= 15 is 0 Å². The first-order valence-corrected chi connectivity index (χ1v) is 25.7. The minimum absolute atomic E-state index is 0.0551.